The highest BCUT2D eigenvalue weighted by molar-refractivity contribution is 7.48. The molecule has 0 aliphatic carbocycles. The number of phosphoric ester groups is 1. The van der Waals surface area contributed by atoms with E-state index in [-0.39, 0.29) is 35.0 Å². The Morgan fingerprint density at radius 1 is 1.06 bits per heavy atom. The fraction of sp³-hybridized carbons (Fsp3) is 0.459. The Labute approximate surface area is 353 Å². The van der Waals surface area contributed by atoms with Crippen molar-refractivity contribution in [3.63, 3.8) is 0 Å². The van der Waals surface area contributed by atoms with Crippen molar-refractivity contribution in [1.29, 1.82) is 5.26 Å². The first-order valence-electron chi connectivity index (χ1n) is 19.4. The summed E-state index contributed by atoms with van der Waals surface area (Å²) < 4.78 is 65.4. The lowest BCUT2D eigenvalue weighted by molar-refractivity contribution is -0.118. The summed E-state index contributed by atoms with van der Waals surface area (Å²) in [5.41, 5.74) is 0.319. The van der Waals surface area contributed by atoms with Gasteiger partial charge in [0.05, 0.1) is 56.6 Å². The SMILES string of the molecule is CC(C)C(=O)Nc1nc2c(ncn2C2OC(CO)C(C)C2OP(=O)(OCCC#N)OCC2OC(c3cnc4c(NC(=O)c5ccccc5)nccn34)C(C)C2O[PH](=O)O)c(=O)[nH]1. The molecule has 10 unspecified atom stereocenters. The first-order valence-corrected chi connectivity index (χ1v) is 22.2. The van der Waals surface area contributed by atoms with E-state index in [2.05, 4.69) is 35.6 Å². The lowest BCUT2D eigenvalue weighted by atomic mass is 9.97. The quantitative estimate of drug-likeness (QED) is 0.0658. The zero-order valence-electron chi connectivity index (χ0n) is 33.7. The monoisotopic (exact) mass is 898 g/mol. The number of nitrogens with zero attached hydrogens (tertiary/aromatic N) is 7. The summed E-state index contributed by atoms with van der Waals surface area (Å²) in [5, 5.41) is 24.8. The van der Waals surface area contributed by atoms with E-state index in [4.69, 9.17) is 27.6 Å². The lowest BCUT2D eigenvalue weighted by Crippen LogP contribution is -2.32. The van der Waals surface area contributed by atoms with E-state index in [0.29, 0.717) is 11.3 Å². The molecule has 5 aromatic rings. The average molecular weight is 899 g/mol. The third kappa shape index (κ3) is 9.40. The second-order valence-electron chi connectivity index (χ2n) is 14.8. The number of fused-ring (bicyclic) bond motifs is 2. The number of phosphoric acid groups is 1. The number of aromatic amines is 1. The van der Waals surface area contributed by atoms with E-state index in [0.717, 1.165) is 0 Å². The highest BCUT2D eigenvalue weighted by Gasteiger charge is 2.50. The minimum absolute atomic E-state index is 0.0363. The lowest BCUT2D eigenvalue weighted by Gasteiger charge is -2.28. The van der Waals surface area contributed by atoms with Crippen LogP contribution in [0.3, 0.4) is 0 Å². The van der Waals surface area contributed by atoms with Crippen molar-refractivity contribution in [3.8, 4) is 6.07 Å². The second-order valence-corrected chi connectivity index (χ2v) is 17.2. The van der Waals surface area contributed by atoms with E-state index in [1.165, 1.54) is 23.3 Å². The van der Waals surface area contributed by atoms with Gasteiger partial charge in [0, 0.05) is 35.7 Å². The maximum absolute atomic E-state index is 14.6. The molecule has 330 valence electrons. The molecule has 0 spiro atoms. The van der Waals surface area contributed by atoms with Gasteiger partial charge in [-0.15, -0.1) is 0 Å². The van der Waals surface area contributed by atoms with Crippen molar-refractivity contribution in [2.45, 2.75) is 70.9 Å². The van der Waals surface area contributed by atoms with Gasteiger partial charge >= 0.3 is 16.1 Å². The average Bonchev–Trinajstić information content (AvgIpc) is 4.02. The number of amides is 2. The molecule has 7 rings (SSSR count). The molecule has 0 saturated carbocycles. The Kier molecular flexibility index (Phi) is 13.7. The molecule has 25 heteroatoms. The predicted molar refractivity (Wildman–Crippen MR) is 217 cm³/mol. The molecule has 2 saturated heterocycles. The van der Waals surface area contributed by atoms with Gasteiger partial charge < -0.3 is 29.3 Å². The number of hydrogen-bond donors (Lipinski definition) is 5. The van der Waals surface area contributed by atoms with Gasteiger partial charge in [0.2, 0.25) is 11.9 Å². The molecule has 5 N–H and O–H groups in total. The van der Waals surface area contributed by atoms with Crippen molar-refractivity contribution in [2.75, 3.05) is 30.5 Å². The third-order valence-electron chi connectivity index (χ3n) is 10.4. The van der Waals surface area contributed by atoms with Crippen LogP contribution in [0.15, 0.2) is 60.0 Å². The van der Waals surface area contributed by atoms with Gasteiger partial charge in [0.25, 0.3) is 11.5 Å². The van der Waals surface area contributed by atoms with Crippen LogP contribution >= 0.6 is 16.1 Å². The number of nitriles is 1. The number of carbonyl (C=O) groups excluding carboxylic acids is 2. The summed E-state index contributed by atoms with van der Waals surface area (Å²) in [6.45, 7) is 5.20. The van der Waals surface area contributed by atoms with Crippen LogP contribution in [-0.4, -0.2) is 99.9 Å². The van der Waals surface area contributed by atoms with E-state index in [1.54, 1.807) is 68.6 Å². The number of aliphatic hydroxyl groups excluding tert-OH is 1. The molecule has 2 aliphatic heterocycles. The van der Waals surface area contributed by atoms with Gasteiger partial charge in [0.1, 0.15) is 24.4 Å². The molecule has 6 heterocycles. The predicted octanol–water partition coefficient (Wildman–Crippen LogP) is 3.52. The van der Waals surface area contributed by atoms with Crippen LogP contribution < -0.4 is 16.2 Å². The van der Waals surface area contributed by atoms with Gasteiger partial charge in [-0.1, -0.05) is 45.9 Å². The molecular weight excluding hydrogens is 854 g/mol. The summed E-state index contributed by atoms with van der Waals surface area (Å²) in [6.07, 6.45) is -0.941. The van der Waals surface area contributed by atoms with Crippen LogP contribution in [0.5, 0.6) is 0 Å². The maximum Gasteiger partial charge on any atom is 0.475 e. The zero-order valence-corrected chi connectivity index (χ0v) is 35.6. The molecule has 1 aromatic carbocycles. The standard InChI is InChI=1S/C37H44N10O13P2/c1-19(2)33(49)44-37-43-31-26(35(51)45-37)41-18-47(31)36-29(20(3)24(16-48)58-36)60-62(54,55-14-8-11-38)56-17-25-28(59-61(52)53)21(4)27(57-25)23-15-40-32-30(39-12-13-46(23)32)42-34(50)22-9-6-5-7-10-22/h5-7,9-10,12-13,15,18-21,24-25,27-29,36,48,61H,8,14,16-17H2,1-4H3,(H,52,53)(H,39,42,50)(H2,43,44,45,49,51). The minimum atomic E-state index is -4.74. The van der Waals surface area contributed by atoms with E-state index < -0.39 is 108 Å². The number of H-pyrrole nitrogens is 1. The molecule has 2 amide bonds. The van der Waals surface area contributed by atoms with E-state index in [9.17, 15) is 38.8 Å². The topological polar surface area (TPSA) is 306 Å². The number of aliphatic hydroxyl groups is 1. The number of imidazole rings is 2. The first kappa shape index (κ1) is 44.8. The van der Waals surface area contributed by atoms with E-state index >= 15 is 0 Å². The van der Waals surface area contributed by atoms with Crippen LogP contribution in [0.2, 0.25) is 0 Å². The molecule has 10 atom stereocenters. The molecule has 2 aliphatic rings. The molecule has 23 nitrogen and oxygen atoms in total. The van der Waals surface area contributed by atoms with Crippen molar-refractivity contribution in [3.05, 3.63) is 76.9 Å². The molecule has 4 aromatic heterocycles. The zero-order chi connectivity index (χ0) is 44.3. The van der Waals surface area contributed by atoms with Crippen molar-refractivity contribution < 1.29 is 56.3 Å². The Morgan fingerprint density at radius 3 is 2.55 bits per heavy atom. The number of benzene rings is 1. The summed E-state index contributed by atoms with van der Waals surface area (Å²) in [7, 11) is -8.31. The van der Waals surface area contributed by atoms with Crippen molar-refractivity contribution in [1.82, 2.24) is 33.9 Å². The Bertz CT molecular complexity index is 2600. The number of anilines is 2. The van der Waals surface area contributed by atoms with Crippen LogP contribution in [-0.2, 0) is 41.5 Å². The smallest absolute Gasteiger partial charge is 0.394 e. The highest BCUT2D eigenvalue weighted by Crippen LogP contribution is 2.56. The molecular formula is C37H44N10O13P2. The van der Waals surface area contributed by atoms with Gasteiger partial charge in [-0.2, -0.15) is 10.2 Å². The van der Waals surface area contributed by atoms with Gasteiger partial charge in [0.15, 0.2) is 28.9 Å². The normalized spacial score (nSPS) is 25.2. The Balaban J connectivity index is 1.15. The Morgan fingerprint density at radius 2 is 1.84 bits per heavy atom. The number of ether oxygens (including phenoxy) is 2. The number of carbonyl (C=O) groups is 2. The number of aromatic nitrogens is 7. The van der Waals surface area contributed by atoms with Crippen LogP contribution in [0.4, 0.5) is 11.8 Å². The summed E-state index contributed by atoms with van der Waals surface area (Å²) in [4.78, 5) is 68.1. The van der Waals surface area contributed by atoms with Crippen molar-refractivity contribution >= 4 is 56.5 Å². The molecule has 0 radical (unpaired) electrons. The fourth-order valence-corrected chi connectivity index (χ4v) is 9.19. The molecule has 62 heavy (non-hydrogen) atoms. The van der Waals surface area contributed by atoms with Gasteiger partial charge in [-0.3, -0.25) is 51.8 Å². The summed E-state index contributed by atoms with van der Waals surface area (Å²) in [5.74, 6) is -2.62. The van der Waals surface area contributed by atoms with Crippen LogP contribution in [0, 0.1) is 29.1 Å². The molecule has 0 bridgehead atoms. The summed E-state index contributed by atoms with van der Waals surface area (Å²) >= 11 is 0. The Hall–Kier alpha value is -5.24. The van der Waals surface area contributed by atoms with Crippen LogP contribution in [0.1, 0.15) is 62.5 Å². The summed E-state index contributed by atoms with van der Waals surface area (Å²) in [6, 6.07) is 10.4. The maximum atomic E-state index is 14.6. The first-order chi connectivity index (χ1) is 29.7. The van der Waals surface area contributed by atoms with Crippen LogP contribution in [0.25, 0.3) is 16.8 Å². The minimum Gasteiger partial charge on any atom is -0.394 e. The van der Waals surface area contributed by atoms with Gasteiger partial charge in [-0.05, 0) is 12.1 Å². The number of rotatable bonds is 17. The largest absolute Gasteiger partial charge is 0.475 e. The highest BCUT2D eigenvalue weighted by atomic mass is 31.2. The van der Waals surface area contributed by atoms with E-state index in [1.807, 2.05) is 6.07 Å². The fourth-order valence-electron chi connectivity index (χ4n) is 7.16. The third-order valence-corrected chi connectivity index (χ3v) is 12.3. The van der Waals surface area contributed by atoms with Crippen molar-refractivity contribution in [2.24, 2.45) is 17.8 Å². The number of nitrogens with one attached hydrogen (secondary N) is 3. The van der Waals surface area contributed by atoms with Gasteiger partial charge in [-0.25, -0.2) is 19.5 Å². The molecule has 2 fully saturated rings. The second kappa shape index (κ2) is 19.0. The number of hydrogen-bond acceptors (Lipinski definition) is 17.